The van der Waals surface area contributed by atoms with Crippen LogP contribution in [0.2, 0.25) is 0 Å². The molecule has 0 saturated heterocycles. The third kappa shape index (κ3) is 5.09. The van der Waals surface area contributed by atoms with E-state index < -0.39 is 10.1 Å². The van der Waals surface area contributed by atoms with Crippen LogP contribution in [0.3, 0.4) is 0 Å². The van der Waals surface area contributed by atoms with Gasteiger partial charge in [0.25, 0.3) is 10.1 Å². The Bertz CT molecular complexity index is 1070. The van der Waals surface area contributed by atoms with E-state index in [1.807, 2.05) is 49.4 Å². The van der Waals surface area contributed by atoms with Crippen molar-refractivity contribution in [2.24, 2.45) is 0 Å². The highest BCUT2D eigenvalue weighted by molar-refractivity contribution is 7.85. The Morgan fingerprint density at radius 1 is 0.893 bits per heavy atom. The molecule has 0 fully saturated rings. The second-order valence-corrected chi connectivity index (χ2v) is 7.33. The Hall–Kier alpha value is -3.36. The zero-order valence-electron chi connectivity index (χ0n) is 15.0. The zero-order chi connectivity index (χ0) is 20.0. The van der Waals surface area contributed by atoms with Gasteiger partial charge >= 0.3 is 0 Å². The highest BCUT2D eigenvalue weighted by Crippen LogP contribution is 2.18. The van der Waals surface area contributed by atoms with E-state index in [1.165, 1.54) is 12.1 Å². The molecule has 0 saturated carbocycles. The monoisotopic (exact) mass is 394 g/mol. The summed E-state index contributed by atoms with van der Waals surface area (Å²) in [6.07, 6.45) is 3.48. The molecule has 0 bridgehead atoms. The number of pyridine rings is 1. The molecule has 2 aromatic carbocycles. The summed E-state index contributed by atoms with van der Waals surface area (Å²) in [4.78, 5) is 8.43. The third-order valence-electron chi connectivity index (χ3n) is 3.77. The van der Waals surface area contributed by atoms with E-state index in [1.54, 1.807) is 24.5 Å². The maximum Gasteiger partial charge on any atom is 0.294 e. The van der Waals surface area contributed by atoms with Crippen molar-refractivity contribution in [3.63, 3.8) is 0 Å². The molecule has 0 aliphatic rings. The molecule has 0 aliphatic heterocycles. The fourth-order valence-electron chi connectivity index (χ4n) is 2.32. The van der Waals surface area contributed by atoms with E-state index in [2.05, 4.69) is 20.2 Å². The van der Waals surface area contributed by atoms with Crippen LogP contribution in [-0.4, -0.2) is 33.1 Å². The number of nitrogens with one attached hydrogen (secondary N) is 1. The molecule has 0 unspecified atom stereocenters. The van der Waals surface area contributed by atoms with Gasteiger partial charge in [-0.1, -0.05) is 48.0 Å². The van der Waals surface area contributed by atoms with Gasteiger partial charge in [-0.25, -0.2) is 4.98 Å². The number of aromatic amines is 1. The minimum absolute atomic E-state index is 0.0666. The van der Waals surface area contributed by atoms with Gasteiger partial charge in [0.15, 0.2) is 11.6 Å². The van der Waals surface area contributed by atoms with Crippen LogP contribution in [0.25, 0.3) is 22.8 Å². The number of benzene rings is 2. The average molecular weight is 394 g/mol. The van der Waals surface area contributed by atoms with E-state index in [0.717, 1.165) is 22.5 Å². The first kappa shape index (κ1) is 19.4. The van der Waals surface area contributed by atoms with Crippen molar-refractivity contribution in [3.05, 3.63) is 84.7 Å². The Balaban J connectivity index is 0.000000178. The van der Waals surface area contributed by atoms with Gasteiger partial charge in [0, 0.05) is 23.5 Å². The van der Waals surface area contributed by atoms with Crippen molar-refractivity contribution in [2.45, 2.75) is 11.8 Å². The molecule has 0 aliphatic carbocycles. The highest BCUT2D eigenvalue weighted by atomic mass is 32.2. The van der Waals surface area contributed by atoms with Crippen LogP contribution in [0.5, 0.6) is 0 Å². The van der Waals surface area contributed by atoms with E-state index in [-0.39, 0.29) is 4.90 Å². The van der Waals surface area contributed by atoms with Crippen molar-refractivity contribution in [3.8, 4) is 22.8 Å². The minimum Gasteiger partial charge on any atom is -0.282 e. The molecule has 28 heavy (non-hydrogen) atoms. The first-order valence-electron chi connectivity index (χ1n) is 8.36. The molecule has 2 heterocycles. The Kier molecular flexibility index (Phi) is 5.93. The second kappa shape index (κ2) is 8.55. The van der Waals surface area contributed by atoms with Gasteiger partial charge in [-0.2, -0.15) is 13.5 Å². The largest absolute Gasteiger partial charge is 0.294 e. The van der Waals surface area contributed by atoms with Crippen molar-refractivity contribution >= 4 is 10.1 Å². The molecule has 142 valence electrons. The third-order valence-corrected chi connectivity index (χ3v) is 4.64. The summed E-state index contributed by atoms with van der Waals surface area (Å²) in [5.74, 6) is 1.43. The van der Waals surface area contributed by atoms with Crippen LogP contribution in [0.15, 0.2) is 84.0 Å². The molecular formula is C20H18N4O3S. The summed E-state index contributed by atoms with van der Waals surface area (Å²) in [5, 5.41) is 7.12. The van der Waals surface area contributed by atoms with Gasteiger partial charge in [0.05, 0.1) is 4.90 Å². The van der Waals surface area contributed by atoms with Crippen molar-refractivity contribution < 1.29 is 13.0 Å². The number of hydrogen-bond donors (Lipinski definition) is 2. The van der Waals surface area contributed by atoms with Gasteiger partial charge in [0.1, 0.15) is 0 Å². The topological polar surface area (TPSA) is 109 Å². The molecule has 7 nitrogen and oxygen atoms in total. The molecule has 0 radical (unpaired) electrons. The van der Waals surface area contributed by atoms with Gasteiger partial charge < -0.3 is 0 Å². The van der Waals surface area contributed by atoms with E-state index >= 15 is 0 Å². The maximum atomic E-state index is 10.5. The molecular weight excluding hydrogens is 376 g/mol. The number of H-pyrrole nitrogens is 1. The number of hydrogen-bond acceptors (Lipinski definition) is 5. The first-order chi connectivity index (χ1) is 13.4. The predicted molar refractivity (Wildman–Crippen MR) is 106 cm³/mol. The van der Waals surface area contributed by atoms with Gasteiger partial charge in [-0.05, 0) is 31.2 Å². The van der Waals surface area contributed by atoms with E-state index in [4.69, 9.17) is 4.55 Å². The molecule has 4 aromatic rings. The molecule has 4 rings (SSSR count). The fourth-order valence-corrected chi connectivity index (χ4v) is 2.80. The first-order valence-corrected chi connectivity index (χ1v) is 9.80. The van der Waals surface area contributed by atoms with E-state index in [0.29, 0.717) is 5.82 Å². The lowest BCUT2D eigenvalue weighted by Crippen LogP contribution is -1.96. The van der Waals surface area contributed by atoms with Crippen molar-refractivity contribution in [1.29, 1.82) is 0 Å². The molecule has 0 spiro atoms. The zero-order valence-corrected chi connectivity index (χ0v) is 15.8. The lowest BCUT2D eigenvalue weighted by Gasteiger charge is -1.95. The van der Waals surface area contributed by atoms with Gasteiger partial charge in [0.2, 0.25) is 0 Å². The smallest absolute Gasteiger partial charge is 0.282 e. The Morgan fingerprint density at radius 2 is 1.57 bits per heavy atom. The fraction of sp³-hybridized carbons (Fsp3) is 0.0500. The normalized spacial score (nSPS) is 10.8. The summed E-state index contributed by atoms with van der Waals surface area (Å²) in [5.41, 5.74) is 2.89. The number of nitrogens with zero attached hydrogens (tertiary/aromatic N) is 3. The SMILES string of the molecule is Cc1ccc(S(=O)(=O)O)cc1.c1ccc(-c2nc(-c3cccnc3)n[nH]2)cc1. The van der Waals surface area contributed by atoms with Crippen LogP contribution >= 0.6 is 0 Å². The lowest BCUT2D eigenvalue weighted by atomic mass is 10.2. The number of aromatic nitrogens is 4. The molecule has 8 heteroatoms. The summed E-state index contributed by atoms with van der Waals surface area (Å²) in [6, 6.07) is 19.7. The molecule has 0 amide bonds. The average Bonchev–Trinajstić information content (AvgIpc) is 3.20. The Morgan fingerprint density at radius 3 is 2.18 bits per heavy atom. The quantitative estimate of drug-likeness (QED) is 0.512. The summed E-state index contributed by atoms with van der Waals surface area (Å²) in [7, 11) is -4.02. The molecule has 2 N–H and O–H groups in total. The van der Waals surface area contributed by atoms with Gasteiger partial charge in [-0.15, -0.1) is 0 Å². The molecule has 0 atom stereocenters. The molecule has 2 aromatic heterocycles. The minimum atomic E-state index is -4.02. The van der Waals surface area contributed by atoms with Crippen LogP contribution in [0.1, 0.15) is 5.56 Å². The van der Waals surface area contributed by atoms with Crippen molar-refractivity contribution in [2.75, 3.05) is 0 Å². The summed E-state index contributed by atoms with van der Waals surface area (Å²) in [6.45, 7) is 1.84. The number of rotatable bonds is 3. The highest BCUT2D eigenvalue weighted by Gasteiger charge is 2.07. The van der Waals surface area contributed by atoms with Crippen LogP contribution in [-0.2, 0) is 10.1 Å². The van der Waals surface area contributed by atoms with Crippen molar-refractivity contribution in [1.82, 2.24) is 20.2 Å². The maximum absolute atomic E-state index is 10.5. The Labute approximate surface area is 162 Å². The van der Waals surface area contributed by atoms with E-state index in [9.17, 15) is 8.42 Å². The lowest BCUT2D eigenvalue weighted by molar-refractivity contribution is 0.483. The summed E-state index contributed by atoms with van der Waals surface area (Å²) < 4.78 is 29.6. The summed E-state index contributed by atoms with van der Waals surface area (Å²) >= 11 is 0. The van der Waals surface area contributed by atoms with Crippen LogP contribution in [0, 0.1) is 6.92 Å². The van der Waals surface area contributed by atoms with Gasteiger partial charge in [-0.3, -0.25) is 14.6 Å². The predicted octanol–water partition coefficient (Wildman–Crippen LogP) is 3.78. The number of aryl methyl sites for hydroxylation is 1. The van der Waals surface area contributed by atoms with Crippen LogP contribution < -0.4 is 0 Å². The van der Waals surface area contributed by atoms with Crippen LogP contribution in [0.4, 0.5) is 0 Å². The second-order valence-electron chi connectivity index (χ2n) is 5.90. The standard InChI is InChI=1S/C13H10N4.C7H8O3S/c1-2-5-10(6-3-1)12-15-13(17-16-12)11-7-4-8-14-9-11;1-6-2-4-7(5-3-6)11(8,9)10/h1-9H,(H,15,16,17);2-5H,1H3,(H,8,9,10).